The molecule has 18 heavy (non-hydrogen) atoms. The second-order valence-corrected chi connectivity index (χ2v) is 4.60. The van der Waals surface area contributed by atoms with Crippen LogP contribution >= 0.6 is 0 Å². The van der Waals surface area contributed by atoms with Gasteiger partial charge in [0.15, 0.2) is 0 Å². The summed E-state index contributed by atoms with van der Waals surface area (Å²) in [7, 11) is 1.69. The molecule has 0 aliphatic rings. The molecule has 1 aromatic heterocycles. The van der Waals surface area contributed by atoms with E-state index in [9.17, 15) is 5.11 Å². The van der Waals surface area contributed by atoms with Gasteiger partial charge >= 0.3 is 0 Å². The van der Waals surface area contributed by atoms with Gasteiger partial charge in [0.05, 0.1) is 17.7 Å². The molecule has 3 nitrogen and oxygen atoms in total. The highest BCUT2D eigenvalue weighted by molar-refractivity contribution is 5.78. The minimum Gasteiger partial charge on any atom is -0.388 e. The van der Waals surface area contributed by atoms with Crippen LogP contribution in [0.1, 0.15) is 31.4 Å². The lowest BCUT2D eigenvalue weighted by Crippen LogP contribution is -2.07. The number of aromatic nitrogens is 1. The van der Waals surface area contributed by atoms with Crippen LogP contribution < -0.4 is 0 Å². The average molecular weight is 245 g/mol. The lowest BCUT2D eigenvalue weighted by Gasteiger charge is -2.14. The molecule has 2 aromatic rings. The van der Waals surface area contributed by atoms with Gasteiger partial charge in [0.25, 0.3) is 0 Å². The fourth-order valence-electron chi connectivity index (χ4n) is 1.98. The Morgan fingerprint density at radius 2 is 2.11 bits per heavy atom. The van der Waals surface area contributed by atoms with Gasteiger partial charge in [-0.1, -0.05) is 12.1 Å². The summed E-state index contributed by atoms with van der Waals surface area (Å²) >= 11 is 0. The Morgan fingerprint density at radius 1 is 1.28 bits per heavy atom. The second kappa shape index (κ2) is 5.94. The lowest BCUT2D eigenvalue weighted by molar-refractivity contribution is 0.0851. The van der Waals surface area contributed by atoms with E-state index in [0.717, 1.165) is 22.9 Å². The molecular formula is C15H19NO2. The third kappa shape index (κ3) is 3.06. The van der Waals surface area contributed by atoms with Gasteiger partial charge in [-0.25, -0.2) is 0 Å². The van der Waals surface area contributed by atoms with Gasteiger partial charge in [0, 0.05) is 18.7 Å². The van der Waals surface area contributed by atoms with Gasteiger partial charge < -0.3 is 9.84 Å². The van der Waals surface area contributed by atoms with Gasteiger partial charge in [-0.3, -0.25) is 4.98 Å². The van der Waals surface area contributed by atoms with Crippen LogP contribution in [0, 0.1) is 0 Å². The van der Waals surface area contributed by atoms with E-state index >= 15 is 0 Å². The summed E-state index contributed by atoms with van der Waals surface area (Å²) in [5, 5.41) is 11.2. The number of aliphatic hydroxyl groups excluding tert-OH is 1. The molecule has 0 aliphatic carbocycles. The van der Waals surface area contributed by atoms with Crippen molar-refractivity contribution in [2.75, 3.05) is 7.11 Å². The molecule has 2 unspecified atom stereocenters. The van der Waals surface area contributed by atoms with E-state index in [1.807, 2.05) is 37.3 Å². The summed E-state index contributed by atoms with van der Waals surface area (Å²) in [6.45, 7) is 2.01. The maximum Gasteiger partial charge on any atom is 0.0791 e. The molecule has 0 bridgehead atoms. The largest absolute Gasteiger partial charge is 0.388 e. The van der Waals surface area contributed by atoms with Crippen LogP contribution in [0.5, 0.6) is 0 Å². The van der Waals surface area contributed by atoms with Crippen molar-refractivity contribution in [3.05, 3.63) is 42.1 Å². The first-order valence-corrected chi connectivity index (χ1v) is 6.26. The number of aliphatic hydroxyl groups is 1. The fourth-order valence-corrected chi connectivity index (χ4v) is 1.98. The molecule has 0 spiro atoms. The van der Waals surface area contributed by atoms with Gasteiger partial charge in [-0.15, -0.1) is 0 Å². The highest BCUT2D eigenvalue weighted by atomic mass is 16.5. The Labute approximate surface area is 107 Å². The lowest BCUT2D eigenvalue weighted by atomic mass is 10.0. The van der Waals surface area contributed by atoms with Crippen molar-refractivity contribution in [2.45, 2.75) is 32.0 Å². The predicted octanol–water partition coefficient (Wildman–Crippen LogP) is 3.08. The number of fused-ring (bicyclic) bond motifs is 1. The van der Waals surface area contributed by atoms with Crippen LogP contribution in [-0.2, 0) is 4.74 Å². The molecule has 2 atom stereocenters. The monoisotopic (exact) mass is 245 g/mol. The van der Waals surface area contributed by atoms with E-state index in [0.29, 0.717) is 6.42 Å². The van der Waals surface area contributed by atoms with Crippen LogP contribution in [0.2, 0.25) is 0 Å². The summed E-state index contributed by atoms with van der Waals surface area (Å²) in [5.41, 5.74) is 1.90. The van der Waals surface area contributed by atoms with Crippen molar-refractivity contribution in [3.8, 4) is 0 Å². The van der Waals surface area contributed by atoms with Gasteiger partial charge in [-0.05, 0) is 43.5 Å². The number of nitrogens with zero attached hydrogens (tertiary/aromatic N) is 1. The van der Waals surface area contributed by atoms with Crippen LogP contribution in [0.15, 0.2) is 36.5 Å². The molecule has 1 N–H and O–H groups in total. The maximum absolute atomic E-state index is 10.1. The van der Waals surface area contributed by atoms with Crippen LogP contribution in [-0.4, -0.2) is 23.3 Å². The van der Waals surface area contributed by atoms with Crippen molar-refractivity contribution in [1.29, 1.82) is 0 Å². The molecule has 1 heterocycles. The number of methoxy groups -OCH3 is 1. The average Bonchev–Trinajstić information content (AvgIpc) is 2.43. The van der Waals surface area contributed by atoms with Gasteiger partial charge in [-0.2, -0.15) is 0 Å². The minimum atomic E-state index is -0.438. The van der Waals surface area contributed by atoms with Crippen molar-refractivity contribution in [1.82, 2.24) is 4.98 Å². The van der Waals surface area contributed by atoms with E-state index in [1.54, 1.807) is 13.3 Å². The minimum absolute atomic E-state index is 0.182. The van der Waals surface area contributed by atoms with Crippen molar-refractivity contribution in [3.63, 3.8) is 0 Å². The molecule has 2 rings (SSSR count). The van der Waals surface area contributed by atoms with E-state index in [-0.39, 0.29) is 6.10 Å². The molecular weight excluding hydrogens is 226 g/mol. The Kier molecular flexibility index (Phi) is 4.28. The Balaban J connectivity index is 2.10. The molecule has 0 saturated heterocycles. The molecule has 3 heteroatoms. The predicted molar refractivity (Wildman–Crippen MR) is 72.4 cm³/mol. The molecule has 96 valence electrons. The summed E-state index contributed by atoms with van der Waals surface area (Å²) < 4.78 is 5.19. The number of pyridine rings is 1. The first-order chi connectivity index (χ1) is 8.70. The SMILES string of the molecule is COC(C)CCC(O)c1ccc2ncccc2c1. The molecule has 0 amide bonds. The summed E-state index contributed by atoms with van der Waals surface area (Å²) in [6, 6.07) is 9.82. The van der Waals surface area contributed by atoms with Crippen LogP contribution in [0.4, 0.5) is 0 Å². The molecule has 1 aromatic carbocycles. The maximum atomic E-state index is 10.1. The molecule has 0 saturated carbocycles. The van der Waals surface area contributed by atoms with E-state index in [1.165, 1.54) is 0 Å². The molecule has 0 fully saturated rings. The third-order valence-electron chi connectivity index (χ3n) is 3.26. The zero-order valence-corrected chi connectivity index (χ0v) is 10.8. The number of hydrogen-bond acceptors (Lipinski definition) is 3. The summed E-state index contributed by atoms with van der Waals surface area (Å²) in [4.78, 5) is 4.27. The number of ether oxygens (including phenoxy) is 1. The van der Waals surface area contributed by atoms with Crippen molar-refractivity contribution in [2.24, 2.45) is 0 Å². The Hall–Kier alpha value is -1.45. The molecule has 0 radical (unpaired) electrons. The van der Waals surface area contributed by atoms with Crippen LogP contribution in [0.25, 0.3) is 10.9 Å². The standard InChI is InChI=1S/C15H19NO2/c1-11(18-2)5-8-15(17)13-6-7-14-12(10-13)4-3-9-16-14/h3-4,6-7,9-11,15,17H,5,8H2,1-2H3. The van der Waals surface area contributed by atoms with E-state index in [2.05, 4.69) is 4.98 Å². The van der Waals surface area contributed by atoms with Gasteiger partial charge in [0.1, 0.15) is 0 Å². The Bertz CT molecular complexity index is 513. The summed E-state index contributed by atoms with van der Waals surface area (Å²) in [5.74, 6) is 0. The fraction of sp³-hybridized carbons (Fsp3) is 0.400. The normalized spacial score (nSPS) is 14.6. The quantitative estimate of drug-likeness (QED) is 0.880. The first-order valence-electron chi connectivity index (χ1n) is 6.26. The third-order valence-corrected chi connectivity index (χ3v) is 3.26. The number of hydrogen-bond donors (Lipinski definition) is 1. The highest BCUT2D eigenvalue weighted by Crippen LogP contribution is 2.23. The smallest absolute Gasteiger partial charge is 0.0791 e. The Morgan fingerprint density at radius 3 is 2.89 bits per heavy atom. The van der Waals surface area contributed by atoms with Crippen LogP contribution in [0.3, 0.4) is 0 Å². The van der Waals surface area contributed by atoms with Crippen molar-refractivity contribution >= 4 is 10.9 Å². The first kappa shape index (κ1) is 13.0. The van der Waals surface area contributed by atoms with E-state index in [4.69, 9.17) is 4.74 Å². The second-order valence-electron chi connectivity index (χ2n) is 4.60. The number of rotatable bonds is 5. The summed E-state index contributed by atoms with van der Waals surface area (Å²) in [6.07, 6.45) is 3.08. The van der Waals surface area contributed by atoms with Gasteiger partial charge in [0.2, 0.25) is 0 Å². The van der Waals surface area contributed by atoms with E-state index < -0.39 is 6.10 Å². The topological polar surface area (TPSA) is 42.4 Å². The zero-order valence-electron chi connectivity index (χ0n) is 10.8. The van der Waals surface area contributed by atoms with Crippen molar-refractivity contribution < 1.29 is 9.84 Å². The highest BCUT2D eigenvalue weighted by Gasteiger charge is 2.10. The number of benzene rings is 1. The molecule has 0 aliphatic heterocycles. The zero-order chi connectivity index (χ0) is 13.0.